The Labute approximate surface area is 129 Å². The molecule has 1 aliphatic carbocycles. The van der Waals surface area contributed by atoms with Gasteiger partial charge in [0.1, 0.15) is 5.75 Å². The van der Waals surface area contributed by atoms with Crippen LogP contribution in [0.3, 0.4) is 0 Å². The molecule has 0 unspecified atom stereocenters. The number of nitrogens with zero attached hydrogens (tertiary/aromatic N) is 1. The van der Waals surface area contributed by atoms with E-state index in [1.807, 2.05) is 18.2 Å². The fourth-order valence-electron chi connectivity index (χ4n) is 2.72. The summed E-state index contributed by atoms with van der Waals surface area (Å²) in [5.74, 6) is 0.451. The molecule has 4 nitrogen and oxygen atoms in total. The lowest BCUT2D eigenvalue weighted by Gasteiger charge is -2.14. The molecule has 0 heterocycles. The summed E-state index contributed by atoms with van der Waals surface area (Å²) < 4.78 is 5.44. The van der Waals surface area contributed by atoms with Gasteiger partial charge in [0.05, 0.1) is 17.7 Å². The van der Waals surface area contributed by atoms with Crippen LogP contribution < -0.4 is 10.1 Å². The van der Waals surface area contributed by atoms with E-state index in [4.69, 9.17) is 10.00 Å². The molecule has 0 radical (unpaired) electrons. The van der Waals surface area contributed by atoms with E-state index < -0.39 is 0 Å². The fraction of sp³-hybridized carbons (Fsp3) is 0.222. The molecule has 0 bridgehead atoms. The van der Waals surface area contributed by atoms with Crippen LogP contribution in [0, 0.1) is 11.3 Å². The normalized spacial score (nSPS) is 15.7. The number of hydrogen-bond acceptors (Lipinski definition) is 3. The Morgan fingerprint density at radius 3 is 2.77 bits per heavy atom. The summed E-state index contributed by atoms with van der Waals surface area (Å²) in [5, 5.41) is 11.7. The number of aryl methyl sites for hydroxylation is 1. The zero-order valence-electron chi connectivity index (χ0n) is 12.1. The van der Waals surface area contributed by atoms with Crippen LogP contribution in [0.2, 0.25) is 0 Å². The smallest absolute Gasteiger partial charge is 0.258 e. The van der Waals surface area contributed by atoms with Crippen molar-refractivity contribution in [2.75, 3.05) is 6.61 Å². The molecule has 2 aromatic rings. The lowest BCUT2D eigenvalue weighted by Crippen LogP contribution is -2.31. The third-order valence-electron chi connectivity index (χ3n) is 3.82. The van der Waals surface area contributed by atoms with E-state index in [1.54, 1.807) is 24.3 Å². The predicted octanol–water partition coefficient (Wildman–Crippen LogP) is 2.74. The van der Waals surface area contributed by atoms with Crippen LogP contribution in [0.25, 0.3) is 0 Å². The Bertz CT molecular complexity index is 717. The Morgan fingerprint density at radius 1 is 1.23 bits per heavy atom. The molecule has 1 N–H and O–H groups in total. The molecule has 0 spiro atoms. The maximum Gasteiger partial charge on any atom is 0.258 e. The molecule has 0 aromatic heterocycles. The minimum Gasteiger partial charge on any atom is -0.484 e. The third-order valence-corrected chi connectivity index (χ3v) is 3.82. The van der Waals surface area contributed by atoms with E-state index in [2.05, 4.69) is 17.4 Å². The number of benzene rings is 2. The lowest BCUT2D eigenvalue weighted by molar-refractivity contribution is -0.123. The van der Waals surface area contributed by atoms with E-state index in [-0.39, 0.29) is 18.6 Å². The van der Waals surface area contributed by atoms with Crippen molar-refractivity contribution in [3.8, 4) is 11.8 Å². The van der Waals surface area contributed by atoms with Gasteiger partial charge in [0.25, 0.3) is 5.91 Å². The first-order valence-electron chi connectivity index (χ1n) is 7.26. The van der Waals surface area contributed by atoms with E-state index in [1.165, 1.54) is 11.1 Å². The number of carbonyl (C=O) groups is 1. The first kappa shape index (κ1) is 14.2. The van der Waals surface area contributed by atoms with E-state index >= 15 is 0 Å². The zero-order valence-corrected chi connectivity index (χ0v) is 12.1. The molecule has 1 atom stereocenters. The van der Waals surface area contributed by atoms with Gasteiger partial charge < -0.3 is 10.1 Å². The quantitative estimate of drug-likeness (QED) is 0.942. The summed E-state index contributed by atoms with van der Waals surface area (Å²) in [7, 11) is 0. The van der Waals surface area contributed by atoms with Crippen LogP contribution in [-0.4, -0.2) is 12.5 Å². The molecule has 1 amide bonds. The van der Waals surface area contributed by atoms with Gasteiger partial charge in [-0.3, -0.25) is 4.79 Å². The number of rotatable bonds is 4. The summed E-state index contributed by atoms with van der Waals surface area (Å²) in [4.78, 5) is 12.0. The summed E-state index contributed by atoms with van der Waals surface area (Å²) in [6.45, 7) is -0.0232. The number of ether oxygens (including phenoxy) is 1. The Morgan fingerprint density at radius 2 is 2.00 bits per heavy atom. The van der Waals surface area contributed by atoms with Gasteiger partial charge in [0, 0.05) is 0 Å². The lowest BCUT2D eigenvalue weighted by atomic mass is 10.1. The van der Waals surface area contributed by atoms with Crippen LogP contribution in [0.4, 0.5) is 0 Å². The van der Waals surface area contributed by atoms with Crippen molar-refractivity contribution in [2.45, 2.75) is 18.9 Å². The topological polar surface area (TPSA) is 62.1 Å². The zero-order chi connectivity index (χ0) is 15.4. The van der Waals surface area contributed by atoms with Gasteiger partial charge in [-0.25, -0.2) is 0 Å². The molecule has 0 fully saturated rings. The monoisotopic (exact) mass is 292 g/mol. The van der Waals surface area contributed by atoms with Crippen LogP contribution in [0.5, 0.6) is 5.75 Å². The Kier molecular flexibility index (Phi) is 4.06. The SMILES string of the molecule is N#Cc1ccc(OCC(=O)N[C@H]2CCc3ccccc32)cc1. The van der Waals surface area contributed by atoms with E-state index in [0.717, 1.165) is 12.8 Å². The van der Waals surface area contributed by atoms with E-state index in [9.17, 15) is 4.79 Å². The van der Waals surface area contributed by atoms with E-state index in [0.29, 0.717) is 11.3 Å². The van der Waals surface area contributed by atoms with Gasteiger partial charge >= 0.3 is 0 Å². The van der Waals surface area contributed by atoms with Crippen LogP contribution >= 0.6 is 0 Å². The summed E-state index contributed by atoms with van der Waals surface area (Å²) in [6.07, 6.45) is 1.93. The minimum absolute atomic E-state index is 0.0232. The fourth-order valence-corrected chi connectivity index (χ4v) is 2.72. The van der Waals surface area contributed by atoms with Gasteiger partial charge in [0.15, 0.2) is 6.61 Å². The van der Waals surface area contributed by atoms with Gasteiger partial charge in [0.2, 0.25) is 0 Å². The van der Waals surface area contributed by atoms with Crippen LogP contribution in [-0.2, 0) is 11.2 Å². The maximum atomic E-state index is 12.0. The average molecular weight is 292 g/mol. The van der Waals surface area contributed by atoms with Crippen molar-refractivity contribution in [1.82, 2.24) is 5.32 Å². The van der Waals surface area contributed by atoms with Crippen LogP contribution in [0.1, 0.15) is 29.2 Å². The molecule has 0 aliphatic heterocycles. The highest BCUT2D eigenvalue weighted by Gasteiger charge is 2.23. The number of hydrogen-bond donors (Lipinski definition) is 1. The van der Waals surface area contributed by atoms with Crippen LogP contribution in [0.15, 0.2) is 48.5 Å². The second-order valence-corrected chi connectivity index (χ2v) is 5.28. The Hall–Kier alpha value is -2.80. The van der Waals surface area contributed by atoms with Crippen molar-refractivity contribution in [3.63, 3.8) is 0 Å². The minimum atomic E-state index is -0.133. The summed E-state index contributed by atoms with van der Waals surface area (Å²) in [5.41, 5.74) is 3.08. The Balaban J connectivity index is 1.54. The summed E-state index contributed by atoms with van der Waals surface area (Å²) in [6, 6.07) is 17.0. The second kappa shape index (κ2) is 6.31. The number of nitrogens with one attached hydrogen (secondary N) is 1. The highest BCUT2D eigenvalue weighted by molar-refractivity contribution is 5.78. The molecular weight excluding hydrogens is 276 g/mol. The van der Waals surface area contributed by atoms with Gasteiger partial charge in [-0.2, -0.15) is 5.26 Å². The first-order chi connectivity index (χ1) is 10.8. The van der Waals surface area contributed by atoms with Crippen molar-refractivity contribution >= 4 is 5.91 Å². The highest BCUT2D eigenvalue weighted by atomic mass is 16.5. The molecule has 0 saturated carbocycles. The molecule has 2 aromatic carbocycles. The molecule has 3 rings (SSSR count). The second-order valence-electron chi connectivity index (χ2n) is 5.28. The highest BCUT2D eigenvalue weighted by Crippen LogP contribution is 2.30. The standard InChI is InChI=1S/C18H16N2O2/c19-11-13-5-8-15(9-6-13)22-12-18(21)20-17-10-7-14-3-1-2-4-16(14)17/h1-6,8-9,17H,7,10,12H2,(H,20,21)/t17-/m0/s1. The number of nitriles is 1. The maximum absolute atomic E-state index is 12.0. The molecule has 1 aliphatic rings. The molecular formula is C18H16N2O2. The number of fused-ring (bicyclic) bond motifs is 1. The molecule has 110 valence electrons. The van der Waals surface area contributed by atoms with Gasteiger partial charge in [-0.1, -0.05) is 24.3 Å². The van der Waals surface area contributed by atoms with Crippen molar-refractivity contribution in [2.24, 2.45) is 0 Å². The van der Waals surface area contributed by atoms with Crippen molar-refractivity contribution in [1.29, 1.82) is 5.26 Å². The average Bonchev–Trinajstić information content (AvgIpc) is 2.97. The molecule has 4 heteroatoms. The third kappa shape index (κ3) is 3.09. The number of amides is 1. The van der Waals surface area contributed by atoms with Gasteiger partial charge in [-0.15, -0.1) is 0 Å². The number of carbonyl (C=O) groups excluding carboxylic acids is 1. The largest absolute Gasteiger partial charge is 0.484 e. The van der Waals surface area contributed by atoms with Crippen molar-refractivity contribution in [3.05, 3.63) is 65.2 Å². The van der Waals surface area contributed by atoms with Crippen molar-refractivity contribution < 1.29 is 9.53 Å². The first-order valence-corrected chi connectivity index (χ1v) is 7.26. The predicted molar refractivity (Wildman–Crippen MR) is 82.3 cm³/mol. The van der Waals surface area contributed by atoms with Gasteiger partial charge in [-0.05, 0) is 48.2 Å². The molecule has 0 saturated heterocycles. The molecule has 22 heavy (non-hydrogen) atoms. The summed E-state index contributed by atoms with van der Waals surface area (Å²) >= 11 is 0.